The van der Waals surface area contributed by atoms with Gasteiger partial charge in [0.25, 0.3) is 12.9 Å². The summed E-state index contributed by atoms with van der Waals surface area (Å²) in [5.41, 5.74) is 0. The van der Waals surface area contributed by atoms with Crippen LogP contribution >= 0.6 is 0 Å². The molecule has 56 valence electrons. The third-order valence-electron chi connectivity index (χ3n) is 0.488. The molecule has 9 heavy (non-hydrogen) atoms. The quantitative estimate of drug-likeness (QED) is 0.546. The minimum atomic E-state index is -2.66. The fourth-order valence-electron chi connectivity index (χ4n) is 0.246. The van der Waals surface area contributed by atoms with E-state index in [2.05, 4.69) is 4.74 Å². The lowest BCUT2D eigenvalue weighted by Gasteiger charge is -2.00. The van der Waals surface area contributed by atoms with Gasteiger partial charge in [0.05, 0.1) is 0 Å². The molecule has 0 unspecified atom stereocenters. The van der Waals surface area contributed by atoms with Crippen LogP contribution in [0.2, 0.25) is 0 Å². The molecule has 0 aliphatic heterocycles. The van der Waals surface area contributed by atoms with Crippen LogP contribution < -0.4 is 0 Å². The van der Waals surface area contributed by atoms with Gasteiger partial charge in [-0.2, -0.15) is 0 Å². The van der Waals surface area contributed by atoms with Crippen molar-refractivity contribution in [3.8, 4) is 0 Å². The monoisotopic (exact) mass is 146 g/mol. The Morgan fingerprint density at radius 2 is 1.22 bits per heavy atom. The Morgan fingerprint density at radius 1 is 0.889 bits per heavy atom. The first-order valence-electron chi connectivity index (χ1n) is 2.27. The predicted molar refractivity (Wildman–Crippen MR) is 22.8 cm³/mol. The van der Waals surface area contributed by atoms with E-state index in [1.807, 2.05) is 0 Å². The Bertz CT molecular complexity index is 57.6. The van der Waals surface area contributed by atoms with Gasteiger partial charge in [0.1, 0.15) is 13.2 Å². The highest BCUT2D eigenvalue weighted by molar-refractivity contribution is 4.36. The summed E-state index contributed by atoms with van der Waals surface area (Å²) >= 11 is 0. The molecule has 1 nitrogen and oxygen atoms in total. The van der Waals surface area contributed by atoms with Crippen molar-refractivity contribution in [2.75, 3.05) is 13.2 Å². The van der Waals surface area contributed by atoms with Crippen LogP contribution in [0.25, 0.3) is 0 Å². The van der Waals surface area contributed by atoms with Gasteiger partial charge in [0.2, 0.25) is 0 Å². The van der Waals surface area contributed by atoms with E-state index in [-0.39, 0.29) is 0 Å². The summed E-state index contributed by atoms with van der Waals surface area (Å²) in [6.45, 7) is -1.82. The van der Waals surface area contributed by atoms with Crippen molar-refractivity contribution >= 4 is 0 Å². The lowest BCUT2D eigenvalue weighted by molar-refractivity contribution is -0.0304. The molecule has 0 rings (SSSR count). The van der Waals surface area contributed by atoms with Crippen LogP contribution in [0.15, 0.2) is 0 Å². The Labute approximate surface area is 49.6 Å². The second-order valence-electron chi connectivity index (χ2n) is 1.32. The van der Waals surface area contributed by atoms with Crippen molar-refractivity contribution in [2.45, 2.75) is 12.9 Å². The molecule has 0 atom stereocenters. The molecule has 0 aromatic rings. The van der Waals surface area contributed by atoms with Gasteiger partial charge in [-0.25, -0.2) is 17.6 Å². The zero-order chi connectivity index (χ0) is 7.28. The van der Waals surface area contributed by atoms with E-state index in [1.54, 1.807) is 0 Å². The lowest BCUT2D eigenvalue weighted by atomic mass is 10.7. The van der Waals surface area contributed by atoms with E-state index in [1.165, 1.54) is 0 Å². The topological polar surface area (TPSA) is 9.23 Å². The predicted octanol–water partition coefficient (Wildman–Crippen LogP) is 1.53. The van der Waals surface area contributed by atoms with Crippen molar-refractivity contribution in [3.05, 3.63) is 0 Å². The van der Waals surface area contributed by atoms with Crippen LogP contribution in [0, 0.1) is 0 Å². The van der Waals surface area contributed by atoms with Crippen LogP contribution in [-0.4, -0.2) is 26.1 Å². The molecular weight excluding hydrogens is 140 g/mol. The van der Waals surface area contributed by atoms with Crippen molar-refractivity contribution < 1.29 is 22.3 Å². The van der Waals surface area contributed by atoms with Crippen LogP contribution in [0.3, 0.4) is 0 Å². The fraction of sp³-hybridized carbons (Fsp3) is 1.00. The molecule has 0 saturated heterocycles. The first-order chi connectivity index (χ1) is 4.13. The van der Waals surface area contributed by atoms with Crippen molar-refractivity contribution in [2.24, 2.45) is 0 Å². The molecule has 0 fully saturated rings. The Hall–Kier alpha value is -0.320. The van der Waals surface area contributed by atoms with Gasteiger partial charge in [-0.3, -0.25) is 0 Å². The molecule has 0 aliphatic carbocycles. The SMILES string of the molecule is FC(F)COCC(F)F. The average Bonchev–Trinajstić information content (AvgIpc) is 1.63. The normalized spacial score (nSPS) is 11.3. The average molecular weight is 146 g/mol. The molecule has 0 amide bonds. The summed E-state index contributed by atoms with van der Waals surface area (Å²) in [6.07, 6.45) is -5.33. The standard InChI is InChI=1S/C4H6F4O/c5-3(6)1-9-2-4(7)8/h3-4H,1-2H2. The summed E-state index contributed by atoms with van der Waals surface area (Å²) in [4.78, 5) is 0. The van der Waals surface area contributed by atoms with E-state index in [9.17, 15) is 17.6 Å². The number of rotatable bonds is 4. The van der Waals surface area contributed by atoms with Gasteiger partial charge < -0.3 is 4.74 Å². The van der Waals surface area contributed by atoms with Gasteiger partial charge in [0.15, 0.2) is 0 Å². The summed E-state index contributed by atoms with van der Waals surface area (Å²) in [6, 6.07) is 0. The number of halogens is 4. The van der Waals surface area contributed by atoms with Gasteiger partial charge in [-0.15, -0.1) is 0 Å². The van der Waals surface area contributed by atoms with Crippen LogP contribution in [0.4, 0.5) is 17.6 Å². The largest absolute Gasteiger partial charge is 0.370 e. The van der Waals surface area contributed by atoms with Gasteiger partial charge >= 0.3 is 0 Å². The molecule has 0 spiro atoms. The van der Waals surface area contributed by atoms with Gasteiger partial charge in [-0.1, -0.05) is 0 Å². The highest BCUT2D eigenvalue weighted by Gasteiger charge is 2.05. The van der Waals surface area contributed by atoms with E-state index in [4.69, 9.17) is 0 Å². The van der Waals surface area contributed by atoms with Gasteiger partial charge in [0, 0.05) is 0 Å². The first-order valence-corrected chi connectivity index (χ1v) is 2.27. The molecule has 0 aliphatic rings. The number of hydrogen-bond donors (Lipinski definition) is 0. The number of alkyl halides is 4. The maximum Gasteiger partial charge on any atom is 0.261 e. The Balaban J connectivity index is 2.91. The molecule has 0 aromatic heterocycles. The molecule has 0 aromatic carbocycles. The minimum Gasteiger partial charge on any atom is -0.370 e. The van der Waals surface area contributed by atoms with Crippen LogP contribution in [-0.2, 0) is 4.74 Å². The van der Waals surface area contributed by atoms with Crippen molar-refractivity contribution in [1.82, 2.24) is 0 Å². The smallest absolute Gasteiger partial charge is 0.261 e. The molecule has 0 heterocycles. The highest BCUT2D eigenvalue weighted by Crippen LogP contribution is 1.96. The first kappa shape index (κ1) is 8.68. The summed E-state index contributed by atoms with van der Waals surface area (Å²) in [5, 5.41) is 0. The molecule has 0 bridgehead atoms. The van der Waals surface area contributed by atoms with Crippen molar-refractivity contribution in [1.29, 1.82) is 0 Å². The summed E-state index contributed by atoms with van der Waals surface area (Å²) in [5.74, 6) is 0. The highest BCUT2D eigenvalue weighted by atomic mass is 19.3. The maximum atomic E-state index is 11.1. The molecule has 5 heteroatoms. The lowest BCUT2D eigenvalue weighted by Crippen LogP contribution is -2.10. The van der Waals surface area contributed by atoms with Crippen molar-refractivity contribution in [3.63, 3.8) is 0 Å². The van der Waals surface area contributed by atoms with E-state index >= 15 is 0 Å². The zero-order valence-electron chi connectivity index (χ0n) is 4.49. The molecule has 0 saturated carbocycles. The fourth-order valence-corrected chi connectivity index (χ4v) is 0.246. The number of hydrogen-bond acceptors (Lipinski definition) is 1. The van der Waals surface area contributed by atoms with E-state index in [0.717, 1.165) is 0 Å². The summed E-state index contributed by atoms with van der Waals surface area (Å²) in [7, 11) is 0. The zero-order valence-corrected chi connectivity index (χ0v) is 4.49. The van der Waals surface area contributed by atoms with Crippen LogP contribution in [0.1, 0.15) is 0 Å². The maximum absolute atomic E-state index is 11.1. The second kappa shape index (κ2) is 4.55. The van der Waals surface area contributed by atoms with E-state index < -0.39 is 26.1 Å². The molecule has 0 N–H and O–H groups in total. The minimum absolute atomic E-state index is 0.912. The van der Waals surface area contributed by atoms with Gasteiger partial charge in [-0.05, 0) is 0 Å². The van der Waals surface area contributed by atoms with Crippen LogP contribution in [0.5, 0.6) is 0 Å². The molecular formula is C4H6F4O. The third kappa shape index (κ3) is 7.68. The molecule has 0 radical (unpaired) electrons. The third-order valence-corrected chi connectivity index (χ3v) is 0.488. The second-order valence-corrected chi connectivity index (χ2v) is 1.32. The number of ether oxygens (including phenoxy) is 1. The van der Waals surface area contributed by atoms with E-state index in [0.29, 0.717) is 0 Å². The Morgan fingerprint density at radius 3 is 1.44 bits per heavy atom. The Kier molecular flexibility index (Phi) is 4.39. The summed E-state index contributed by atoms with van der Waals surface area (Å²) < 4.78 is 48.3.